The number of H-pyrrole nitrogens is 1. The minimum absolute atomic E-state index is 0.164. The minimum atomic E-state index is -0.164. The molecule has 0 radical (unpaired) electrons. The Kier molecular flexibility index (Phi) is 5.74. The summed E-state index contributed by atoms with van der Waals surface area (Å²) in [6, 6.07) is 24.8. The van der Waals surface area contributed by atoms with Crippen molar-refractivity contribution < 1.29 is 0 Å². The summed E-state index contributed by atoms with van der Waals surface area (Å²) < 4.78 is 0. The van der Waals surface area contributed by atoms with E-state index in [1.54, 1.807) is 11.6 Å². The predicted molar refractivity (Wildman–Crippen MR) is 130 cm³/mol. The van der Waals surface area contributed by atoms with E-state index in [-0.39, 0.29) is 5.56 Å². The SMILES string of the molecule is Clc1ccc(C2=c3ccccc3=c3ccc4c(c3C2)CCCC=4)cc1.O=c1cccn[nH]1. The Morgan fingerprint density at radius 3 is 2.34 bits per heavy atom. The van der Waals surface area contributed by atoms with E-state index in [1.165, 1.54) is 69.1 Å². The zero-order chi connectivity index (χ0) is 21.9. The smallest absolute Gasteiger partial charge is 0.264 e. The number of fused-ring (bicyclic) bond motifs is 4. The van der Waals surface area contributed by atoms with Crippen LogP contribution in [0.5, 0.6) is 0 Å². The largest absolute Gasteiger partial charge is 0.268 e. The van der Waals surface area contributed by atoms with Crippen molar-refractivity contribution in [3.8, 4) is 0 Å². The van der Waals surface area contributed by atoms with Crippen molar-refractivity contribution >= 4 is 23.3 Å². The van der Waals surface area contributed by atoms with E-state index >= 15 is 0 Å². The van der Waals surface area contributed by atoms with Crippen molar-refractivity contribution in [2.24, 2.45) is 0 Å². The lowest BCUT2D eigenvalue weighted by atomic mass is 9.84. The fourth-order valence-corrected chi connectivity index (χ4v) is 4.79. The van der Waals surface area contributed by atoms with Gasteiger partial charge in [-0.2, -0.15) is 5.10 Å². The van der Waals surface area contributed by atoms with Gasteiger partial charge in [0.25, 0.3) is 5.56 Å². The molecule has 0 atom stereocenters. The Labute approximate surface area is 191 Å². The van der Waals surface area contributed by atoms with Crippen LogP contribution in [0.4, 0.5) is 0 Å². The summed E-state index contributed by atoms with van der Waals surface area (Å²) in [5.41, 5.74) is 5.61. The molecule has 1 aromatic heterocycles. The van der Waals surface area contributed by atoms with Gasteiger partial charge in [-0.05, 0) is 87.0 Å². The van der Waals surface area contributed by atoms with E-state index < -0.39 is 0 Å². The summed E-state index contributed by atoms with van der Waals surface area (Å²) in [6.07, 6.45) is 8.59. The first-order valence-electron chi connectivity index (χ1n) is 10.9. The first-order chi connectivity index (χ1) is 15.7. The molecule has 0 amide bonds. The summed E-state index contributed by atoms with van der Waals surface area (Å²) in [7, 11) is 0. The standard InChI is InChI=1S/C24H19Cl.C4H4N2O/c25-18-12-9-17(10-13-18)23-15-24-19-6-2-1-5-16(19)11-14-22(24)20-7-3-4-8-21(20)23;7-4-2-1-3-5-6-4/h3-5,7-14H,1-2,6,15H2;1-3H,(H,6,7). The highest BCUT2D eigenvalue weighted by Gasteiger charge is 2.16. The fourth-order valence-electron chi connectivity index (χ4n) is 4.66. The molecule has 6 rings (SSSR count). The van der Waals surface area contributed by atoms with Crippen LogP contribution in [0.25, 0.3) is 11.6 Å². The molecule has 0 saturated heterocycles. The highest BCUT2D eigenvalue weighted by atomic mass is 35.5. The van der Waals surface area contributed by atoms with E-state index in [9.17, 15) is 4.79 Å². The second-order valence-electron chi connectivity index (χ2n) is 8.08. The molecule has 2 aliphatic carbocycles. The molecule has 158 valence electrons. The van der Waals surface area contributed by atoms with Gasteiger partial charge < -0.3 is 0 Å². The maximum absolute atomic E-state index is 10.2. The first kappa shape index (κ1) is 20.5. The van der Waals surface area contributed by atoms with E-state index in [0.717, 1.165) is 11.4 Å². The lowest BCUT2D eigenvalue weighted by molar-refractivity contribution is 0.823. The van der Waals surface area contributed by atoms with E-state index in [1.807, 2.05) is 12.1 Å². The first-order valence-corrected chi connectivity index (χ1v) is 11.3. The summed E-state index contributed by atoms with van der Waals surface area (Å²) in [5.74, 6) is 0. The molecule has 4 heteroatoms. The third-order valence-corrected chi connectivity index (χ3v) is 6.39. The topological polar surface area (TPSA) is 45.8 Å². The molecule has 0 saturated carbocycles. The van der Waals surface area contributed by atoms with Gasteiger partial charge in [0.15, 0.2) is 0 Å². The van der Waals surface area contributed by atoms with Crippen LogP contribution in [0.3, 0.4) is 0 Å². The van der Waals surface area contributed by atoms with E-state index in [4.69, 9.17) is 11.6 Å². The van der Waals surface area contributed by atoms with Crippen LogP contribution in [-0.2, 0) is 12.8 Å². The van der Waals surface area contributed by atoms with Crippen LogP contribution in [0.2, 0.25) is 5.02 Å². The Morgan fingerprint density at radius 1 is 0.812 bits per heavy atom. The Hall–Kier alpha value is -3.43. The van der Waals surface area contributed by atoms with Crippen molar-refractivity contribution in [2.45, 2.75) is 25.7 Å². The molecule has 0 aliphatic heterocycles. The van der Waals surface area contributed by atoms with Crippen LogP contribution in [0.15, 0.2) is 83.8 Å². The van der Waals surface area contributed by atoms with Gasteiger partial charge in [-0.1, -0.05) is 66.2 Å². The van der Waals surface area contributed by atoms with Crippen LogP contribution < -0.4 is 16.0 Å². The van der Waals surface area contributed by atoms with Crippen molar-refractivity contribution in [3.05, 3.63) is 132 Å². The minimum Gasteiger partial charge on any atom is -0.268 e. The van der Waals surface area contributed by atoms with Gasteiger partial charge in [-0.15, -0.1) is 0 Å². The van der Waals surface area contributed by atoms with Gasteiger partial charge >= 0.3 is 0 Å². The van der Waals surface area contributed by atoms with Gasteiger partial charge in [0.1, 0.15) is 0 Å². The van der Waals surface area contributed by atoms with E-state index in [0.29, 0.717) is 0 Å². The molecule has 32 heavy (non-hydrogen) atoms. The van der Waals surface area contributed by atoms with Crippen LogP contribution in [0.1, 0.15) is 29.5 Å². The summed E-state index contributed by atoms with van der Waals surface area (Å²) >= 11 is 6.11. The number of benzene rings is 3. The highest BCUT2D eigenvalue weighted by Crippen LogP contribution is 2.25. The molecule has 1 heterocycles. The van der Waals surface area contributed by atoms with Gasteiger partial charge in [0.05, 0.1) is 0 Å². The molecule has 0 bridgehead atoms. The third kappa shape index (κ3) is 4.04. The van der Waals surface area contributed by atoms with Crippen molar-refractivity contribution in [3.63, 3.8) is 0 Å². The highest BCUT2D eigenvalue weighted by molar-refractivity contribution is 6.30. The van der Waals surface area contributed by atoms with Crippen LogP contribution in [0, 0.1) is 10.4 Å². The Balaban J connectivity index is 0.000000265. The molecule has 0 spiro atoms. The number of halogens is 1. The van der Waals surface area contributed by atoms with Crippen molar-refractivity contribution in [1.82, 2.24) is 10.2 Å². The predicted octanol–water partition coefficient (Wildman–Crippen LogP) is 4.27. The molecule has 4 aromatic rings. The molecule has 3 aromatic carbocycles. The zero-order valence-electron chi connectivity index (χ0n) is 17.6. The monoisotopic (exact) mass is 438 g/mol. The fraction of sp³-hybridized carbons (Fsp3) is 0.143. The average Bonchev–Trinajstić information content (AvgIpc) is 2.85. The number of nitrogens with one attached hydrogen (secondary N) is 1. The van der Waals surface area contributed by atoms with Crippen molar-refractivity contribution in [2.75, 3.05) is 0 Å². The molecule has 0 fully saturated rings. The third-order valence-electron chi connectivity index (χ3n) is 6.13. The lowest BCUT2D eigenvalue weighted by Gasteiger charge is -2.20. The lowest BCUT2D eigenvalue weighted by Crippen LogP contribution is -2.22. The average molecular weight is 439 g/mol. The second-order valence-corrected chi connectivity index (χ2v) is 8.51. The summed E-state index contributed by atoms with van der Waals surface area (Å²) in [6.45, 7) is 0. The Morgan fingerprint density at radius 2 is 1.62 bits per heavy atom. The summed E-state index contributed by atoms with van der Waals surface area (Å²) in [5, 5.41) is 12.0. The maximum atomic E-state index is 10.2. The van der Waals surface area contributed by atoms with E-state index in [2.05, 4.69) is 64.8 Å². The number of nitrogens with zero attached hydrogens (tertiary/aromatic N) is 1. The molecule has 0 unspecified atom stereocenters. The number of aromatic amines is 1. The zero-order valence-corrected chi connectivity index (χ0v) is 18.4. The van der Waals surface area contributed by atoms with Gasteiger partial charge in [-0.25, -0.2) is 5.10 Å². The maximum Gasteiger partial charge on any atom is 0.264 e. The number of aromatic nitrogens is 2. The molecule has 2 aliphatic rings. The number of hydrogen-bond acceptors (Lipinski definition) is 2. The number of hydrogen-bond donors (Lipinski definition) is 1. The van der Waals surface area contributed by atoms with Gasteiger partial charge in [0, 0.05) is 17.3 Å². The van der Waals surface area contributed by atoms with Crippen molar-refractivity contribution in [1.29, 1.82) is 0 Å². The van der Waals surface area contributed by atoms with Gasteiger partial charge in [0.2, 0.25) is 0 Å². The number of rotatable bonds is 1. The van der Waals surface area contributed by atoms with Crippen LogP contribution in [-0.4, -0.2) is 10.2 Å². The normalized spacial score (nSPS) is 13.6. The van der Waals surface area contributed by atoms with Gasteiger partial charge in [-0.3, -0.25) is 4.79 Å². The molecule has 3 nitrogen and oxygen atoms in total. The molecular formula is C28H23ClN2O. The quantitative estimate of drug-likeness (QED) is 0.482. The van der Waals surface area contributed by atoms with Crippen LogP contribution >= 0.6 is 11.6 Å². The molecule has 1 N–H and O–H groups in total. The molecular weight excluding hydrogens is 416 g/mol. The second kappa shape index (κ2) is 8.97. The summed E-state index contributed by atoms with van der Waals surface area (Å²) in [4.78, 5) is 10.2. The Bertz CT molecular complexity index is 1540.